The van der Waals surface area contributed by atoms with Gasteiger partial charge in [0, 0.05) is 16.9 Å². The SMILES string of the molecule is CCc1nc(NC(=O)NC2(CO)CCOc3ccccc32)sc1C. The number of ether oxygens (including phenoxy) is 1. The van der Waals surface area contributed by atoms with Gasteiger partial charge in [0.25, 0.3) is 0 Å². The fourth-order valence-corrected chi connectivity index (χ4v) is 3.84. The van der Waals surface area contributed by atoms with Gasteiger partial charge in [-0.1, -0.05) is 25.1 Å². The number of carbonyl (C=O) groups excluding carboxylic acids is 1. The highest BCUT2D eigenvalue weighted by Gasteiger charge is 2.38. The van der Waals surface area contributed by atoms with E-state index in [9.17, 15) is 9.90 Å². The minimum Gasteiger partial charge on any atom is -0.493 e. The van der Waals surface area contributed by atoms with Crippen molar-refractivity contribution in [2.75, 3.05) is 18.5 Å². The van der Waals surface area contributed by atoms with Gasteiger partial charge >= 0.3 is 6.03 Å². The molecule has 0 saturated carbocycles. The van der Waals surface area contributed by atoms with Crippen molar-refractivity contribution in [1.29, 1.82) is 0 Å². The van der Waals surface area contributed by atoms with E-state index in [0.717, 1.165) is 22.6 Å². The second-order valence-electron chi connectivity index (χ2n) is 5.79. The number of aryl methyl sites for hydroxylation is 2. The molecule has 3 rings (SSSR count). The van der Waals surface area contributed by atoms with Crippen molar-refractivity contribution in [3.8, 4) is 5.75 Å². The average Bonchev–Trinajstić information content (AvgIpc) is 2.94. The van der Waals surface area contributed by atoms with Crippen molar-refractivity contribution in [3.05, 3.63) is 40.4 Å². The summed E-state index contributed by atoms with van der Waals surface area (Å²) in [6.07, 6.45) is 1.34. The van der Waals surface area contributed by atoms with E-state index >= 15 is 0 Å². The minimum absolute atomic E-state index is 0.197. The molecule has 0 fully saturated rings. The van der Waals surface area contributed by atoms with Gasteiger partial charge in [0.1, 0.15) is 5.75 Å². The average molecular weight is 347 g/mol. The fraction of sp³-hybridized carbons (Fsp3) is 0.412. The lowest BCUT2D eigenvalue weighted by atomic mass is 9.85. The quantitative estimate of drug-likeness (QED) is 0.794. The topological polar surface area (TPSA) is 83.5 Å². The minimum atomic E-state index is -0.848. The Bertz CT molecular complexity index is 746. The predicted octanol–water partition coefficient (Wildman–Crippen LogP) is 2.81. The number of hydrogen-bond donors (Lipinski definition) is 3. The molecule has 1 unspecified atom stereocenters. The van der Waals surface area contributed by atoms with E-state index in [1.54, 1.807) is 0 Å². The zero-order chi connectivity index (χ0) is 17.2. The number of fused-ring (bicyclic) bond motifs is 1. The molecule has 1 aliphatic rings. The van der Waals surface area contributed by atoms with E-state index in [4.69, 9.17) is 4.74 Å². The second-order valence-corrected chi connectivity index (χ2v) is 6.99. The van der Waals surface area contributed by atoms with E-state index in [2.05, 4.69) is 15.6 Å². The Morgan fingerprint density at radius 3 is 2.96 bits per heavy atom. The van der Waals surface area contributed by atoms with E-state index in [0.29, 0.717) is 23.9 Å². The van der Waals surface area contributed by atoms with Gasteiger partial charge in [0.15, 0.2) is 5.13 Å². The van der Waals surface area contributed by atoms with Crippen LogP contribution >= 0.6 is 11.3 Å². The molecule has 24 heavy (non-hydrogen) atoms. The number of nitrogens with zero attached hydrogens (tertiary/aromatic N) is 1. The molecule has 1 atom stereocenters. The van der Waals surface area contributed by atoms with Crippen molar-refractivity contribution < 1.29 is 14.6 Å². The van der Waals surface area contributed by atoms with Crippen molar-refractivity contribution >= 4 is 22.5 Å². The molecule has 1 aliphatic heterocycles. The first kappa shape index (κ1) is 16.7. The van der Waals surface area contributed by atoms with Crippen LogP contribution in [-0.4, -0.2) is 29.3 Å². The number of urea groups is 1. The summed E-state index contributed by atoms with van der Waals surface area (Å²) in [6.45, 7) is 4.27. The molecule has 2 aromatic rings. The maximum absolute atomic E-state index is 12.5. The summed E-state index contributed by atoms with van der Waals surface area (Å²) in [5.74, 6) is 0.691. The van der Waals surface area contributed by atoms with Crippen LogP contribution in [0.5, 0.6) is 5.75 Å². The molecule has 128 valence electrons. The van der Waals surface area contributed by atoms with Crippen LogP contribution in [0.25, 0.3) is 0 Å². The number of aliphatic hydroxyl groups is 1. The molecule has 3 N–H and O–H groups in total. The third-order valence-corrected chi connectivity index (χ3v) is 5.19. The number of amides is 2. The lowest BCUT2D eigenvalue weighted by Gasteiger charge is -2.37. The Morgan fingerprint density at radius 2 is 2.25 bits per heavy atom. The molecule has 7 heteroatoms. The third kappa shape index (κ3) is 3.09. The number of carbonyl (C=O) groups is 1. The lowest BCUT2D eigenvalue weighted by molar-refractivity contribution is 0.115. The van der Waals surface area contributed by atoms with Crippen LogP contribution in [0, 0.1) is 6.92 Å². The number of hydrogen-bond acceptors (Lipinski definition) is 5. The van der Waals surface area contributed by atoms with Crippen molar-refractivity contribution in [2.24, 2.45) is 0 Å². The Morgan fingerprint density at radius 1 is 1.46 bits per heavy atom. The molecule has 2 heterocycles. The first-order valence-corrected chi connectivity index (χ1v) is 8.78. The zero-order valence-electron chi connectivity index (χ0n) is 13.8. The maximum Gasteiger partial charge on any atom is 0.321 e. The molecule has 0 bridgehead atoms. The zero-order valence-corrected chi connectivity index (χ0v) is 14.6. The van der Waals surface area contributed by atoms with E-state index < -0.39 is 5.54 Å². The molecule has 0 aliphatic carbocycles. The summed E-state index contributed by atoms with van der Waals surface area (Å²) in [5.41, 5.74) is 0.931. The van der Waals surface area contributed by atoms with Gasteiger partial charge in [0.05, 0.1) is 24.4 Å². The predicted molar refractivity (Wildman–Crippen MR) is 93.7 cm³/mol. The molecule has 2 amide bonds. The standard InChI is InChI=1S/C17H21N3O3S/c1-3-13-11(2)24-16(18-13)19-15(22)20-17(10-21)8-9-23-14-7-5-4-6-12(14)17/h4-7,21H,3,8-10H2,1-2H3,(H2,18,19,20,22). The van der Waals surface area contributed by atoms with E-state index in [1.165, 1.54) is 11.3 Å². The molecule has 6 nitrogen and oxygen atoms in total. The van der Waals surface area contributed by atoms with Gasteiger partial charge in [-0.15, -0.1) is 11.3 Å². The summed E-state index contributed by atoms with van der Waals surface area (Å²) in [5, 5.41) is 16.2. The van der Waals surface area contributed by atoms with Crippen LogP contribution in [0.4, 0.5) is 9.93 Å². The molecular formula is C17H21N3O3S. The summed E-state index contributed by atoms with van der Waals surface area (Å²) in [4.78, 5) is 18.0. The highest BCUT2D eigenvalue weighted by atomic mass is 32.1. The Balaban J connectivity index is 1.79. The third-order valence-electron chi connectivity index (χ3n) is 4.26. The molecular weight excluding hydrogens is 326 g/mol. The normalized spacial score (nSPS) is 19.3. The monoisotopic (exact) mass is 347 g/mol. The van der Waals surface area contributed by atoms with E-state index in [1.807, 2.05) is 38.1 Å². The highest BCUT2D eigenvalue weighted by molar-refractivity contribution is 7.15. The second kappa shape index (κ2) is 6.78. The van der Waals surface area contributed by atoms with Crippen molar-refractivity contribution in [1.82, 2.24) is 10.3 Å². The number of rotatable bonds is 4. The summed E-state index contributed by atoms with van der Waals surface area (Å²) in [7, 11) is 0. The molecule has 0 radical (unpaired) electrons. The highest BCUT2D eigenvalue weighted by Crippen LogP contribution is 2.36. The Kier molecular flexibility index (Phi) is 4.73. The lowest BCUT2D eigenvalue weighted by Crippen LogP contribution is -2.52. The first-order valence-electron chi connectivity index (χ1n) is 7.96. The number of nitrogens with one attached hydrogen (secondary N) is 2. The van der Waals surface area contributed by atoms with Crippen LogP contribution in [-0.2, 0) is 12.0 Å². The van der Waals surface area contributed by atoms with Crippen LogP contribution in [0.1, 0.15) is 29.5 Å². The first-order chi connectivity index (χ1) is 11.6. The largest absolute Gasteiger partial charge is 0.493 e. The van der Waals surface area contributed by atoms with Crippen LogP contribution in [0.15, 0.2) is 24.3 Å². The number of thiazole rings is 1. The fourth-order valence-electron chi connectivity index (χ4n) is 2.95. The van der Waals surface area contributed by atoms with Gasteiger partial charge in [-0.2, -0.15) is 0 Å². The summed E-state index contributed by atoms with van der Waals surface area (Å²) in [6, 6.07) is 7.08. The van der Waals surface area contributed by atoms with Crippen molar-refractivity contribution in [2.45, 2.75) is 32.2 Å². The number of aromatic nitrogens is 1. The van der Waals surface area contributed by atoms with Gasteiger partial charge < -0.3 is 15.2 Å². The number of benzene rings is 1. The van der Waals surface area contributed by atoms with Crippen molar-refractivity contribution in [3.63, 3.8) is 0 Å². The molecule has 1 aromatic heterocycles. The van der Waals surface area contributed by atoms with Crippen LogP contribution in [0.3, 0.4) is 0 Å². The smallest absolute Gasteiger partial charge is 0.321 e. The van der Waals surface area contributed by atoms with Gasteiger partial charge in [0.2, 0.25) is 0 Å². The molecule has 1 aromatic carbocycles. The number of anilines is 1. The Labute approximate surface area is 144 Å². The van der Waals surface area contributed by atoms with Gasteiger partial charge in [-0.25, -0.2) is 9.78 Å². The van der Waals surface area contributed by atoms with Gasteiger partial charge in [-0.3, -0.25) is 5.32 Å². The summed E-state index contributed by atoms with van der Waals surface area (Å²) < 4.78 is 5.62. The summed E-state index contributed by atoms with van der Waals surface area (Å²) >= 11 is 1.45. The maximum atomic E-state index is 12.5. The van der Waals surface area contributed by atoms with Crippen LogP contribution in [0.2, 0.25) is 0 Å². The number of para-hydroxylation sites is 1. The van der Waals surface area contributed by atoms with Crippen LogP contribution < -0.4 is 15.4 Å². The van der Waals surface area contributed by atoms with Gasteiger partial charge in [-0.05, 0) is 19.4 Å². The number of aliphatic hydroxyl groups excluding tert-OH is 1. The molecule has 0 spiro atoms. The van der Waals surface area contributed by atoms with E-state index in [-0.39, 0.29) is 12.6 Å². The molecule has 0 saturated heterocycles. The Hall–Kier alpha value is -2.12.